The standard InChI is InChI=1S/C15H23N3O3/c1-19-12-7-18(8-13(12)20-2)14-6-5-11(16)15(17-14)21-9-10-3-4-10/h5-6,10,12-13H,3-4,7-9,16H2,1-2H3. The predicted octanol–water partition coefficient (Wildman–Crippen LogP) is 1.30. The molecule has 0 radical (unpaired) electrons. The lowest BCUT2D eigenvalue weighted by Crippen LogP contribution is -2.27. The number of nitrogens with zero attached hydrogens (tertiary/aromatic N) is 2. The fraction of sp³-hybridized carbons (Fsp3) is 0.667. The van der Waals surface area contributed by atoms with Gasteiger partial charge < -0.3 is 24.8 Å². The Morgan fingerprint density at radius 1 is 1.19 bits per heavy atom. The third-order valence-electron chi connectivity index (χ3n) is 4.17. The second kappa shape index (κ2) is 6.07. The number of pyridine rings is 1. The van der Waals surface area contributed by atoms with Gasteiger partial charge in [-0.3, -0.25) is 0 Å². The summed E-state index contributed by atoms with van der Waals surface area (Å²) < 4.78 is 16.7. The van der Waals surface area contributed by atoms with Crippen molar-refractivity contribution in [3.63, 3.8) is 0 Å². The van der Waals surface area contributed by atoms with E-state index >= 15 is 0 Å². The van der Waals surface area contributed by atoms with Gasteiger partial charge in [0.1, 0.15) is 18.0 Å². The molecule has 0 bridgehead atoms. The third kappa shape index (κ3) is 3.22. The highest BCUT2D eigenvalue weighted by Gasteiger charge is 2.34. The van der Waals surface area contributed by atoms with Crippen LogP contribution in [0.5, 0.6) is 5.88 Å². The van der Waals surface area contributed by atoms with Crippen LogP contribution in [0.25, 0.3) is 0 Å². The van der Waals surface area contributed by atoms with Gasteiger partial charge >= 0.3 is 0 Å². The third-order valence-corrected chi connectivity index (χ3v) is 4.17. The molecule has 1 aromatic heterocycles. The number of nitrogens with two attached hydrogens (primary N) is 1. The Morgan fingerprint density at radius 3 is 2.43 bits per heavy atom. The van der Waals surface area contributed by atoms with Gasteiger partial charge in [0.2, 0.25) is 5.88 Å². The van der Waals surface area contributed by atoms with Gasteiger partial charge in [0.25, 0.3) is 0 Å². The monoisotopic (exact) mass is 293 g/mol. The minimum atomic E-state index is 0.0604. The van der Waals surface area contributed by atoms with Gasteiger partial charge in [-0.15, -0.1) is 0 Å². The molecule has 3 rings (SSSR count). The van der Waals surface area contributed by atoms with Crippen molar-refractivity contribution < 1.29 is 14.2 Å². The number of hydrogen-bond donors (Lipinski definition) is 1. The highest BCUT2D eigenvalue weighted by atomic mass is 16.5. The Hall–Kier alpha value is -1.53. The van der Waals surface area contributed by atoms with Crippen molar-refractivity contribution in [3.05, 3.63) is 12.1 Å². The van der Waals surface area contributed by atoms with Gasteiger partial charge in [0.15, 0.2) is 0 Å². The zero-order chi connectivity index (χ0) is 14.8. The highest BCUT2D eigenvalue weighted by Crippen LogP contribution is 2.31. The van der Waals surface area contributed by atoms with Crippen LogP contribution in [0.4, 0.5) is 11.5 Å². The summed E-state index contributed by atoms with van der Waals surface area (Å²) in [6, 6.07) is 3.77. The fourth-order valence-electron chi connectivity index (χ4n) is 2.60. The summed E-state index contributed by atoms with van der Waals surface area (Å²) in [4.78, 5) is 6.70. The molecule has 0 aromatic carbocycles. The molecule has 21 heavy (non-hydrogen) atoms. The van der Waals surface area contributed by atoms with E-state index in [1.165, 1.54) is 12.8 Å². The van der Waals surface area contributed by atoms with Crippen LogP contribution in [-0.4, -0.2) is 51.1 Å². The van der Waals surface area contributed by atoms with Crippen LogP contribution in [0.15, 0.2) is 12.1 Å². The lowest BCUT2D eigenvalue weighted by atomic mass is 10.3. The number of anilines is 2. The smallest absolute Gasteiger partial charge is 0.239 e. The zero-order valence-electron chi connectivity index (χ0n) is 12.6. The van der Waals surface area contributed by atoms with Crippen LogP contribution < -0.4 is 15.4 Å². The van der Waals surface area contributed by atoms with Gasteiger partial charge in [0, 0.05) is 27.3 Å². The van der Waals surface area contributed by atoms with Crippen molar-refractivity contribution in [3.8, 4) is 5.88 Å². The Morgan fingerprint density at radius 2 is 1.86 bits per heavy atom. The summed E-state index contributed by atoms with van der Waals surface area (Å²) in [5.41, 5.74) is 6.53. The molecule has 2 N–H and O–H groups in total. The van der Waals surface area contributed by atoms with Crippen molar-refractivity contribution >= 4 is 11.5 Å². The number of hydrogen-bond acceptors (Lipinski definition) is 6. The van der Waals surface area contributed by atoms with E-state index in [1.807, 2.05) is 12.1 Å². The molecular weight excluding hydrogens is 270 g/mol. The average molecular weight is 293 g/mol. The molecule has 1 aliphatic heterocycles. The van der Waals surface area contributed by atoms with Gasteiger partial charge in [-0.2, -0.15) is 4.98 Å². The number of rotatable bonds is 6. The van der Waals surface area contributed by atoms with Crippen LogP contribution >= 0.6 is 0 Å². The zero-order valence-corrected chi connectivity index (χ0v) is 12.6. The maximum atomic E-state index is 5.95. The maximum Gasteiger partial charge on any atom is 0.239 e. The van der Waals surface area contributed by atoms with Crippen molar-refractivity contribution in [2.75, 3.05) is 44.5 Å². The molecule has 2 heterocycles. The van der Waals surface area contributed by atoms with E-state index in [9.17, 15) is 0 Å². The highest BCUT2D eigenvalue weighted by molar-refractivity contribution is 5.55. The van der Waals surface area contributed by atoms with Crippen LogP contribution in [-0.2, 0) is 9.47 Å². The lowest BCUT2D eigenvalue weighted by molar-refractivity contribution is -0.00461. The van der Waals surface area contributed by atoms with Crippen LogP contribution in [0.3, 0.4) is 0 Å². The normalized spacial score (nSPS) is 25.3. The Balaban J connectivity index is 1.71. The summed E-state index contributed by atoms with van der Waals surface area (Å²) in [5, 5.41) is 0. The molecule has 2 fully saturated rings. The Kier molecular flexibility index (Phi) is 4.17. The van der Waals surface area contributed by atoms with Crippen molar-refractivity contribution in [1.29, 1.82) is 0 Å². The molecule has 6 heteroatoms. The van der Waals surface area contributed by atoms with E-state index in [0.29, 0.717) is 24.1 Å². The lowest BCUT2D eigenvalue weighted by Gasteiger charge is -2.18. The van der Waals surface area contributed by atoms with E-state index in [1.54, 1.807) is 14.2 Å². The molecule has 6 nitrogen and oxygen atoms in total. The van der Waals surface area contributed by atoms with E-state index in [4.69, 9.17) is 19.9 Å². The minimum absolute atomic E-state index is 0.0604. The first-order chi connectivity index (χ1) is 10.2. The first kappa shape index (κ1) is 14.4. The quantitative estimate of drug-likeness (QED) is 0.852. The molecule has 116 valence electrons. The predicted molar refractivity (Wildman–Crippen MR) is 80.7 cm³/mol. The molecule has 1 saturated heterocycles. The van der Waals surface area contributed by atoms with Crippen molar-refractivity contribution in [2.24, 2.45) is 5.92 Å². The summed E-state index contributed by atoms with van der Waals surface area (Å²) in [5.74, 6) is 2.07. The van der Waals surface area contributed by atoms with Crippen LogP contribution in [0.1, 0.15) is 12.8 Å². The molecule has 2 atom stereocenters. The van der Waals surface area contributed by atoms with Gasteiger partial charge in [-0.25, -0.2) is 0 Å². The van der Waals surface area contributed by atoms with Gasteiger partial charge in [-0.05, 0) is 30.9 Å². The second-order valence-electron chi connectivity index (χ2n) is 5.77. The fourth-order valence-corrected chi connectivity index (χ4v) is 2.60. The van der Waals surface area contributed by atoms with Crippen molar-refractivity contribution in [2.45, 2.75) is 25.0 Å². The average Bonchev–Trinajstić information content (AvgIpc) is 3.23. The molecular formula is C15H23N3O3. The first-order valence-electron chi connectivity index (χ1n) is 7.41. The van der Waals surface area contributed by atoms with Crippen molar-refractivity contribution in [1.82, 2.24) is 4.98 Å². The molecule has 1 aliphatic carbocycles. The second-order valence-corrected chi connectivity index (χ2v) is 5.77. The maximum absolute atomic E-state index is 5.95. The number of aromatic nitrogens is 1. The van der Waals surface area contributed by atoms with E-state index < -0.39 is 0 Å². The van der Waals surface area contributed by atoms with E-state index in [-0.39, 0.29) is 12.2 Å². The van der Waals surface area contributed by atoms with Crippen LogP contribution in [0.2, 0.25) is 0 Å². The van der Waals surface area contributed by atoms with E-state index in [2.05, 4.69) is 9.88 Å². The SMILES string of the molecule is COC1CN(c2ccc(N)c(OCC3CC3)n2)CC1OC. The molecule has 2 aliphatic rings. The topological polar surface area (TPSA) is 69.8 Å². The molecule has 0 amide bonds. The van der Waals surface area contributed by atoms with E-state index in [0.717, 1.165) is 18.9 Å². The minimum Gasteiger partial charge on any atom is -0.476 e. The molecule has 1 aromatic rings. The van der Waals surface area contributed by atoms with Gasteiger partial charge in [-0.1, -0.05) is 0 Å². The molecule has 2 unspecified atom stereocenters. The van der Waals surface area contributed by atoms with Crippen LogP contribution in [0, 0.1) is 5.92 Å². The number of ether oxygens (including phenoxy) is 3. The summed E-state index contributed by atoms with van der Waals surface area (Å²) >= 11 is 0. The molecule has 1 saturated carbocycles. The summed E-state index contributed by atoms with van der Waals surface area (Å²) in [6.45, 7) is 2.23. The summed E-state index contributed by atoms with van der Waals surface area (Å²) in [6.07, 6.45) is 2.61. The molecule has 0 spiro atoms. The summed E-state index contributed by atoms with van der Waals surface area (Å²) in [7, 11) is 3.42. The van der Waals surface area contributed by atoms with Gasteiger partial charge in [0.05, 0.1) is 12.3 Å². The number of methoxy groups -OCH3 is 2. The Labute approximate surface area is 125 Å². The number of nitrogen functional groups attached to an aromatic ring is 1. The largest absolute Gasteiger partial charge is 0.476 e. The first-order valence-corrected chi connectivity index (χ1v) is 7.41. The Bertz CT molecular complexity index is 481.